The van der Waals surface area contributed by atoms with Gasteiger partial charge in [0.15, 0.2) is 0 Å². The first-order valence-electron chi connectivity index (χ1n) is 5.39. The van der Waals surface area contributed by atoms with Gasteiger partial charge in [0.05, 0.1) is 19.1 Å². The third-order valence-electron chi connectivity index (χ3n) is 2.40. The molecule has 0 radical (unpaired) electrons. The Labute approximate surface area is 116 Å². The van der Waals surface area contributed by atoms with Crippen molar-refractivity contribution in [3.05, 3.63) is 47.5 Å². The highest BCUT2D eigenvalue weighted by Gasteiger charge is 2.11. The van der Waals surface area contributed by atoms with E-state index in [1.807, 2.05) is 42.5 Å². The Kier molecular flexibility index (Phi) is 4.39. The lowest BCUT2D eigenvalue weighted by Crippen LogP contribution is -1.91. The molecule has 2 aromatic carbocycles. The van der Waals surface area contributed by atoms with Gasteiger partial charge in [-0.05, 0) is 30.3 Å². The van der Waals surface area contributed by atoms with Crippen molar-refractivity contribution in [1.82, 2.24) is 0 Å². The highest BCUT2D eigenvalue weighted by molar-refractivity contribution is 7.99. The van der Waals surface area contributed by atoms with Crippen LogP contribution >= 0.6 is 23.4 Å². The molecular formula is C14H13ClO2S. The van der Waals surface area contributed by atoms with E-state index in [0.29, 0.717) is 5.02 Å². The summed E-state index contributed by atoms with van der Waals surface area (Å²) in [5.41, 5.74) is 0. The Morgan fingerprint density at radius 2 is 1.56 bits per heavy atom. The zero-order chi connectivity index (χ0) is 13.0. The molecule has 0 fully saturated rings. The molecular weight excluding hydrogens is 268 g/mol. The van der Waals surface area contributed by atoms with Gasteiger partial charge in [-0.25, -0.2) is 0 Å². The summed E-state index contributed by atoms with van der Waals surface area (Å²) >= 11 is 7.55. The minimum Gasteiger partial charge on any atom is -0.495 e. The van der Waals surface area contributed by atoms with Gasteiger partial charge in [0.2, 0.25) is 0 Å². The van der Waals surface area contributed by atoms with Gasteiger partial charge in [-0.2, -0.15) is 0 Å². The molecule has 2 nitrogen and oxygen atoms in total. The number of hydrogen-bond acceptors (Lipinski definition) is 3. The van der Waals surface area contributed by atoms with E-state index in [4.69, 9.17) is 21.1 Å². The highest BCUT2D eigenvalue weighted by Crippen LogP contribution is 2.41. The maximum absolute atomic E-state index is 5.98. The predicted molar refractivity (Wildman–Crippen MR) is 75.1 cm³/mol. The normalized spacial score (nSPS) is 10.2. The first kappa shape index (κ1) is 13.1. The van der Waals surface area contributed by atoms with E-state index >= 15 is 0 Å². The Bertz CT molecular complexity index is 521. The van der Waals surface area contributed by atoms with Gasteiger partial charge >= 0.3 is 0 Å². The number of halogens is 1. The summed E-state index contributed by atoms with van der Waals surface area (Å²) in [7, 11) is 3.30. The van der Waals surface area contributed by atoms with E-state index in [1.165, 1.54) is 0 Å². The van der Waals surface area contributed by atoms with Gasteiger partial charge < -0.3 is 9.47 Å². The Hall–Kier alpha value is -1.32. The van der Waals surface area contributed by atoms with Crippen LogP contribution in [-0.2, 0) is 0 Å². The molecule has 2 aromatic rings. The van der Waals surface area contributed by atoms with E-state index in [1.54, 1.807) is 26.0 Å². The topological polar surface area (TPSA) is 18.5 Å². The average molecular weight is 281 g/mol. The van der Waals surface area contributed by atoms with Crippen molar-refractivity contribution < 1.29 is 9.47 Å². The van der Waals surface area contributed by atoms with Crippen LogP contribution in [-0.4, -0.2) is 14.2 Å². The van der Waals surface area contributed by atoms with Gasteiger partial charge in [0.25, 0.3) is 0 Å². The number of methoxy groups -OCH3 is 2. The molecule has 0 spiro atoms. The SMILES string of the molecule is COc1cccc(OC)c1Sc1cccc(Cl)c1. The fourth-order valence-corrected chi connectivity index (χ4v) is 2.89. The van der Waals surface area contributed by atoms with Gasteiger partial charge in [-0.1, -0.05) is 35.5 Å². The van der Waals surface area contributed by atoms with Crippen LogP contribution in [0.2, 0.25) is 5.02 Å². The van der Waals surface area contributed by atoms with Crippen molar-refractivity contribution in [1.29, 1.82) is 0 Å². The number of rotatable bonds is 4. The molecule has 0 saturated heterocycles. The number of benzene rings is 2. The van der Waals surface area contributed by atoms with E-state index in [-0.39, 0.29) is 0 Å². The molecule has 0 amide bonds. The Morgan fingerprint density at radius 3 is 2.11 bits per heavy atom. The minimum atomic E-state index is 0.717. The molecule has 0 saturated carbocycles. The summed E-state index contributed by atoms with van der Waals surface area (Å²) in [5.74, 6) is 1.58. The van der Waals surface area contributed by atoms with Crippen LogP contribution in [0.3, 0.4) is 0 Å². The van der Waals surface area contributed by atoms with Crippen LogP contribution < -0.4 is 9.47 Å². The van der Waals surface area contributed by atoms with Crippen molar-refractivity contribution in [2.45, 2.75) is 9.79 Å². The van der Waals surface area contributed by atoms with E-state index in [2.05, 4.69) is 0 Å². The maximum atomic E-state index is 5.98. The largest absolute Gasteiger partial charge is 0.495 e. The van der Waals surface area contributed by atoms with Gasteiger partial charge in [0, 0.05) is 9.92 Å². The first-order chi connectivity index (χ1) is 8.74. The fourth-order valence-electron chi connectivity index (χ4n) is 1.57. The second-order valence-corrected chi connectivity index (χ2v) is 5.07. The average Bonchev–Trinajstić information content (AvgIpc) is 2.39. The molecule has 0 bridgehead atoms. The lowest BCUT2D eigenvalue weighted by atomic mass is 10.3. The standard InChI is InChI=1S/C14H13ClO2S/c1-16-12-7-4-8-13(17-2)14(12)18-11-6-3-5-10(15)9-11/h3-9H,1-2H3. The molecule has 94 valence electrons. The molecule has 0 aliphatic heterocycles. The zero-order valence-electron chi connectivity index (χ0n) is 10.1. The van der Waals surface area contributed by atoms with Crippen molar-refractivity contribution in [2.24, 2.45) is 0 Å². The smallest absolute Gasteiger partial charge is 0.136 e. The van der Waals surface area contributed by atoms with Crippen molar-refractivity contribution in [3.8, 4) is 11.5 Å². The molecule has 18 heavy (non-hydrogen) atoms. The Balaban J connectivity index is 2.38. The monoisotopic (exact) mass is 280 g/mol. The number of hydrogen-bond donors (Lipinski definition) is 0. The van der Waals surface area contributed by atoms with Crippen LogP contribution in [0.1, 0.15) is 0 Å². The maximum Gasteiger partial charge on any atom is 0.136 e. The first-order valence-corrected chi connectivity index (χ1v) is 6.58. The summed E-state index contributed by atoms with van der Waals surface area (Å²) < 4.78 is 10.7. The summed E-state index contributed by atoms with van der Waals surface area (Å²) in [4.78, 5) is 2.00. The fraction of sp³-hybridized carbons (Fsp3) is 0.143. The van der Waals surface area contributed by atoms with E-state index in [9.17, 15) is 0 Å². The zero-order valence-corrected chi connectivity index (χ0v) is 11.7. The third kappa shape index (κ3) is 2.92. The second kappa shape index (κ2) is 6.03. The lowest BCUT2D eigenvalue weighted by molar-refractivity contribution is 0.376. The van der Waals surface area contributed by atoms with Gasteiger partial charge in [-0.15, -0.1) is 0 Å². The summed E-state index contributed by atoms with van der Waals surface area (Å²) in [6.07, 6.45) is 0. The molecule has 0 unspecified atom stereocenters. The molecule has 2 rings (SSSR count). The molecule has 4 heteroatoms. The molecule has 0 aliphatic carbocycles. The van der Waals surface area contributed by atoms with E-state index in [0.717, 1.165) is 21.3 Å². The minimum absolute atomic E-state index is 0.717. The van der Waals surface area contributed by atoms with Gasteiger partial charge in [0.1, 0.15) is 11.5 Å². The quantitative estimate of drug-likeness (QED) is 0.821. The predicted octanol–water partition coefficient (Wildman–Crippen LogP) is 4.51. The van der Waals surface area contributed by atoms with Crippen LogP contribution in [0.25, 0.3) is 0 Å². The van der Waals surface area contributed by atoms with Crippen molar-refractivity contribution in [2.75, 3.05) is 14.2 Å². The highest BCUT2D eigenvalue weighted by atomic mass is 35.5. The molecule has 0 aliphatic rings. The second-order valence-electron chi connectivity index (χ2n) is 3.55. The number of ether oxygens (including phenoxy) is 2. The summed E-state index contributed by atoms with van der Waals surface area (Å²) in [5, 5.41) is 0.717. The van der Waals surface area contributed by atoms with Gasteiger partial charge in [-0.3, -0.25) is 0 Å². The van der Waals surface area contributed by atoms with Crippen molar-refractivity contribution >= 4 is 23.4 Å². The molecule has 0 aromatic heterocycles. The van der Waals surface area contributed by atoms with Crippen molar-refractivity contribution in [3.63, 3.8) is 0 Å². The molecule has 0 heterocycles. The van der Waals surface area contributed by atoms with Crippen LogP contribution in [0.4, 0.5) is 0 Å². The Morgan fingerprint density at radius 1 is 0.944 bits per heavy atom. The molecule has 0 N–H and O–H groups in total. The lowest BCUT2D eigenvalue weighted by Gasteiger charge is -2.12. The summed E-state index contributed by atoms with van der Waals surface area (Å²) in [6, 6.07) is 13.4. The van der Waals surface area contributed by atoms with E-state index < -0.39 is 0 Å². The van der Waals surface area contributed by atoms with Crippen LogP contribution in [0.15, 0.2) is 52.3 Å². The van der Waals surface area contributed by atoms with Crippen LogP contribution in [0.5, 0.6) is 11.5 Å². The third-order valence-corrected chi connectivity index (χ3v) is 3.73. The van der Waals surface area contributed by atoms with Crippen LogP contribution in [0, 0.1) is 0 Å². The molecule has 0 atom stereocenters. The summed E-state index contributed by atoms with van der Waals surface area (Å²) in [6.45, 7) is 0.